The number of likely N-dealkylation sites (N-methyl/N-ethyl adjacent to an activating group) is 1. The number of nitrogens with zero attached hydrogens (tertiary/aromatic N) is 1. The third kappa shape index (κ3) is 5.44. The third-order valence-electron chi connectivity index (χ3n) is 4.10. The van der Waals surface area contributed by atoms with Crippen molar-refractivity contribution in [3.63, 3.8) is 0 Å². The number of ether oxygens (including phenoxy) is 3. The lowest BCUT2D eigenvalue weighted by molar-refractivity contribution is -0.121. The first-order valence-corrected chi connectivity index (χ1v) is 10.6. The first-order valence-electron chi connectivity index (χ1n) is 8.96. The van der Waals surface area contributed by atoms with Gasteiger partial charge in [-0.05, 0) is 43.3 Å². The number of carbonyl (C=O) groups is 1. The van der Waals surface area contributed by atoms with Crippen LogP contribution in [0.3, 0.4) is 0 Å². The Hall–Kier alpha value is -2.22. The van der Waals surface area contributed by atoms with Crippen molar-refractivity contribution >= 4 is 51.9 Å². The molecular weight excluding hydrogens is 430 g/mol. The summed E-state index contributed by atoms with van der Waals surface area (Å²) < 4.78 is 17.3. The van der Waals surface area contributed by atoms with Gasteiger partial charge in [0.15, 0.2) is 0 Å². The minimum atomic E-state index is -0.102. The van der Waals surface area contributed by atoms with Crippen LogP contribution in [0.25, 0.3) is 6.08 Å². The molecular formula is C21H20ClNO4S2. The predicted octanol–water partition coefficient (Wildman–Crippen LogP) is 5.03. The van der Waals surface area contributed by atoms with Gasteiger partial charge in [-0.3, -0.25) is 9.69 Å². The first-order chi connectivity index (χ1) is 14.0. The Balaban J connectivity index is 1.67. The van der Waals surface area contributed by atoms with Crippen molar-refractivity contribution in [1.29, 1.82) is 0 Å². The van der Waals surface area contributed by atoms with Crippen LogP contribution in [0.2, 0.25) is 5.02 Å². The standard InChI is InChI=1S/C21H20ClNO4S2/c1-3-23-20(24)19(29-21(23)28)12-14-11-15(22)7-8-18(14)27-10-9-26-17-6-4-5-16(13-17)25-2/h4-8,11-13H,3,9-10H2,1-2H3/b19-12+. The van der Waals surface area contributed by atoms with Crippen LogP contribution in [0.4, 0.5) is 0 Å². The molecule has 0 spiro atoms. The lowest BCUT2D eigenvalue weighted by atomic mass is 10.2. The normalized spacial score (nSPS) is 15.1. The van der Waals surface area contributed by atoms with Gasteiger partial charge in [0.25, 0.3) is 5.91 Å². The molecule has 29 heavy (non-hydrogen) atoms. The molecule has 1 fully saturated rings. The highest BCUT2D eigenvalue weighted by Gasteiger charge is 2.30. The van der Waals surface area contributed by atoms with E-state index in [0.717, 1.165) is 11.3 Å². The smallest absolute Gasteiger partial charge is 0.266 e. The summed E-state index contributed by atoms with van der Waals surface area (Å²) in [7, 11) is 1.61. The van der Waals surface area contributed by atoms with Crippen molar-refractivity contribution in [2.24, 2.45) is 0 Å². The third-order valence-corrected chi connectivity index (χ3v) is 5.71. The first kappa shape index (κ1) is 21.5. The molecule has 1 heterocycles. The summed E-state index contributed by atoms with van der Waals surface area (Å²) in [6.07, 6.45) is 1.76. The van der Waals surface area contributed by atoms with Crippen LogP contribution in [0.5, 0.6) is 17.2 Å². The molecule has 5 nitrogen and oxygen atoms in total. The van der Waals surface area contributed by atoms with Gasteiger partial charge in [-0.2, -0.15) is 0 Å². The van der Waals surface area contributed by atoms with Crippen molar-refractivity contribution < 1.29 is 19.0 Å². The second kappa shape index (κ2) is 10.0. The Morgan fingerprint density at radius 3 is 2.62 bits per heavy atom. The van der Waals surface area contributed by atoms with E-state index in [0.29, 0.717) is 45.5 Å². The average molecular weight is 450 g/mol. The molecule has 3 rings (SSSR count). The molecule has 0 radical (unpaired) electrons. The van der Waals surface area contributed by atoms with Gasteiger partial charge in [0.2, 0.25) is 0 Å². The van der Waals surface area contributed by atoms with Gasteiger partial charge in [0.1, 0.15) is 34.8 Å². The summed E-state index contributed by atoms with van der Waals surface area (Å²) in [6, 6.07) is 12.7. The molecule has 0 aliphatic carbocycles. The molecule has 0 saturated carbocycles. The lowest BCUT2D eigenvalue weighted by Gasteiger charge is -2.12. The molecule has 1 saturated heterocycles. The van der Waals surface area contributed by atoms with E-state index in [-0.39, 0.29) is 5.91 Å². The molecule has 0 aromatic heterocycles. The summed E-state index contributed by atoms with van der Waals surface area (Å²) in [5.41, 5.74) is 0.718. The summed E-state index contributed by atoms with van der Waals surface area (Å²) in [5.74, 6) is 1.94. The van der Waals surface area contributed by atoms with Crippen molar-refractivity contribution in [2.45, 2.75) is 6.92 Å². The van der Waals surface area contributed by atoms with E-state index in [2.05, 4.69) is 0 Å². The zero-order valence-corrected chi connectivity index (χ0v) is 18.4. The van der Waals surface area contributed by atoms with Gasteiger partial charge in [-0.25, -0.2) is 0 Å². The van der Waals surface area contributed by atoms with Gasteiger partial charge in [0.05, 0.1) is 12.0 Å². The number of benzene rings is 2. The van der Waals surface area contributed by atoms with E-state index in [1.807, 2.05) is 31.2 Å². The zero-order chi connectivity index (χ0) is 20.8. The maximum absolute atomic E-state index is 12.5. The number of methoxy groups -OCH3 is 1. The van der Waals surface area contributed by atoms with Crippen LogP contribution < -0.4 is 14.2 Å². The average Bonchev–Trinajstić information content (AvgIpc) is 2.99. The topological polar surface area (TPSA) is 48.0 Å². The largest absolute Gasteiger partial charge is 0.497 e. The van der Waals surface area contributed by atoms with Crippen molar-refractivity contribution in [3.8, 4) is 17.2 Å². The number of thioether (sulfide) groups is 1. The predicted molar refractivity (Wildman–Crippen MR) is 121 cm³/mol. The minimum absolute atomic E-state index is 0.102. The zero-order valence-electron chi connectivity index (χ0n) is 16.0. The molecule has 2 aromatic carbocycles. The van der Waals surface area contributed by atoms with Crippen LogP contribution in [-0.2, 0) is 4.79 Å². The molecule has 0 bridgehead atoms. The van der Waals surface area contributed by atoms with E-state index in [1.54, 1.807) is 36.3 Å². The Kier molecular flexibility index (Phi) is 7.41. The van der Waals surface area contributed by atoms with Gasteiger partial charge in [0, 0.05) is 23.2 Å². The number of rotatable bonds is 8. The summed E-state index contributed by atoms with van der Waals surface area (Å²) in [5, 5.41) is 0.558. The quantitative estimate of drug-likeness (QED) is 0.320. The van der Waals surface area contributed by atoms with E-state index < -0.39 is 0 Å². The maximum atomic E-state index is 12.5. The van der Waals surface area contributed by atoms with Crippen molar-refractivity contribution in [1.82, 2.24) is 4.90 Å². The fraction of sp³-hybridized carbons (Fsp3) is 0.238. The Morgan fingerprint density at radius 1 is 1.14 bits per heavy atom. The fourth-order valence-electron chi connectivity index (χ4n) is 2.68. The fourth-order valence-corrected chi connectivity index (χ4v) is 4.24. The highest BCUT2D eigenvalue weighted by atomic mass is 35.5. The van der Waals surface area contributed by atoms with Crippen LogP contribution in [0.1, 0.15) is 12.5 Å². The van der Waals surface area contributed by atoms with Gasteiger partial charge >= 0.3 is 0 Å². The minimum Gasteiger partial charge on any atom is -0.497 e. The van der Waals surface area contributed by atoms with E-state index in [9.17, 15) is 4.79 Å². The molecule has 2 aromatic rings. The van der Waals surface area contributed by atoms with Gasteiger partial charge < -0.3 is 14.2 Å². The number of thiocarbonyl (C=S) groups is 1. The number of amides is 1. The van der Waals surface area contributed by atoms with Crippen molar-refractivity contribution in [2.75, 3.05) is 26.9 Å². The monoisotopic (exact) mass is 449 g/mol. The summed E-state index contributed by atoms with van der Waals surface area (Å²) in [6.45, 7) is 3.12. The molecule has 0 unspecified atom stereocenters. The SMILES string of the molecule is CCN1C(=O)/C(=C\c2cc(Cl)ccc2OCCOc2cccc(OC)c2)SC1=S. The molecule has 1 aliphatic heterocycles. The maximum Gasteiger partial charge on any atom is 0.266 e. The molecule has 1 aliphatic rings. The van der Waals surface area contributed by atoms with Gasteiger partial charge in [-0.1, -0.05) is 41.6 Å². The van der Waals surface area contributed by atoms with Crippen LogP contribution in [-0.4, -0.2) is 42.0 Å². The molecule has 8 heteroatoms. The number of hydrogen-bond acceptors (Lipinski definition) is 6. The molecule has 152 valence electrons. The van der Waals surface area contributed by atoms with Crippen LogP contribution in [0.15, 0.2) is 47.4 Å². The summed E-state index contributed by atoms with van der Waals surface area (Å²) in [4.78, 5) is 14.6. The van der Waals surface area contributed by atoms with Crippen molar-refractivity contribution in [3.05, 3.63) is 58.0 Å². The van der Waals surface area contributed by atoms with Gasteiger partial charge in [-0.15, -0.1) is 0 Å². The summed E-state index contributed by atoms with van der Waals surface area (Å²) >= 11 is 12.7. The van der Waals surface area contributed by atoms with E-state index in [1.165, 1.54) is 11.8 Å². The Labute approximate surface area is 184 Å². The molecule has 1 amide bonds. The Morgan fingerprint density at radius 2 is 1.90 bits per heavy atom. The molecule has 0 N–H and O–H groups in total. The Bertz CT molecular complexity index is 948. The number of carbonyl (C=O) groups excluding carboxylic acids is 1. The van der Waals surface area contributed by atoms with E-state index in [4.69, 9.17) is 38.0 Å². The molecule has 0 atom stereocenters. The second-order valence-corrected chi connectivity index (χ2v) is 8.10. The van der Waals surface area contributed by atoms with Crippen LogP contribution >= 0.6 is 35.6 Å². The highest BCUT2D eigenvalue weighted by Crippen LogP contribution is 2.34. The second-order valence-electron chi connectivity index (χ2n) is 5.98. The number of halogens is 1. The number of hydrogen-bond donors (Lipinski definition) is 0. The lowest BCUT2D eigenvalue weighted by Crippen LogP contribution is -2.27. The van der Waals surface area contributed by atoms with E-state index >= 15 is 0 Å². The van der Waals surface area contributed by atoms with Crippen LogP contribution in [0, 0.1) is 0 Å². The highest BCUT2D eigenvalue weighted by molar-refractivity contribution is 8.26.